The van der Waals surface area contributed by atoms with E-state index in [2.05, 4.69) is 65.6 Å². The molecule has 2 saturated heterocycles. The summed E-state index contributed by atoms with van der Waals surface area (Å²) in [4.78, 5) is 2.54. The van der Waals surface area contributed by atoms with Crippen molar-refractivity contribution in [1.29, 1.82) is 0 Å². The minimum atomic E-state index is -0.0833. The Bertz CT molecular complexity index is 610. The molecule has 2 aliphatic heterocycles. The lowest BCUT2D eigenvalue weighted by Crippen LogP contribution is -2.63. The van der Waals surface area contributed by atoms with Gasteiger partial charge in [-0.05, 0) is 11.1 Å². The van der Waals surface area contributed by atoms with Crippen LogP contribution in [0.2, 0.25) is 0 Å². The van der Waals surface area contributed by atoms with Crippen molar-refractivity contribution >= 4 is 0 Å². The van der Waals surface area contributed by atoms with Crippen molar-refractivity contribution < 1.29 is 9.47 Å². The highest BCUT2D eigenvalue weighted by molar-refractivity contribution is 5.22. The molecule has 0 saturated carbocycles. The average molecular weight is 295 g/mol. The SMILES string of the molecule is c1ccc(CN2CC3(COC3)OCC2c2ccccc2)cc1. The molecule has 2 aromatic carbocycles. The van der Waals surface area contributed by atoms with E-state index < -0.39 is 0 Å². The van der Waals surface area contributed by atoms with Gasteiger partial charge in [0.05, 0.1) is 25.9 Å². The second kappa shape index (κ2) is 5.84. The highest BCUT2D eigenvalue weighted by atomic mass is 16.6. The van der Waals surface area contributed by atoms with E-state index in [9.17, 15) is 0 Å². The summed E-state index contributed by atoms with van der Waals surface area (Å²) in [5.41, 5.74) is 2.59. The Hall–Kier alpha value is -1.68. The van der Waals surface area contributed by atoms with Gasteiger partial charge in [0, 0.05) is 13.1 Å². The Morgan fingerprint density at radius 1 is 0.955 bits per heavy atom. The second-order valence-corrected chi connectivity index (χ2v) is 6.30. The first-order chi connectivity index (χ1) is 10.8. The van der Waals surface area contributed by atoms with Crippen LogP contribution in [-0.2, 0) is 16.0 Å². The average Bonchev–Trinajstić information content (AvgIpc) is 2.55. The molecule has 3 nitrogen and oxygen atoms in total. The van der Waals surface area contributed by atoms with E-state index in [1.807, 2.05) is 0 Å². The van der Waals surface area contributed by atoms with Crippen molar-refractivity contribution in [1.82, 2.24) is 4.90 Å². The summed E-state index contributed by atoms with van der Waals surface area (Å²) in [6.45, 7) is 4.06. The molecule has 0 aliphatic carbocycles. The first kappa shape index (κ1) is 13.9. The minimum Gasteiger partial charge on any atom is -0.375 e. The molecule has 1 atom stereocenters. The van der Waals surface area contributed by atoms with Crippen LogP contribution in [0.5, 0.6) is 0 Å². The molecule has 114 valence electrons. The summed E-state index contributed by atoms with van der Waals surface area (Å²) in [6, 6.07) is 21.7. The number of hydrogen-bond acceptors (Lipinski definition) is 3. The van der Waals surface area contributed by atoms with Crippen LogP contribution in [0.15, 0.2) is 60.7 Å². The fourth-order valence-electron chi connectivity index (χ4n) is 3.36. The van der Waals surface area contributed by atoms with Crippen LogP contribution in [0.3, 0.4) is 0 Å². The van der Waals surface area contributed by atoms with Gasteiger partial charge in [-0.25, -0.2) is 0 Å². The van der Waals surface area contributed by atoms with Crippen LogP contribution in [0, 0.1) is 0 Å². The largest absolute Gasteiger partial charge is 0.375 e. The minimum absolute atomic E-state index is 0.0833. The van der Waals surface area contributed by atoms with Gasteiger partial charge in [0.15, 0.2) is 0 Å². The predicted molar refractivity (Wildman–Crippen MR) is 85.5 cm³/mol. The van der Waals surface area contributed by atoms with Crippen molar-refractivity contribution in [3.63, 3.8) is 0 Å². The summed E-state index contributed by atoms with van der Waals surface area (Å²) in [6.07, 6.45) is 0. The zero-order valence-corrected chi connectivity index (χ0v) is 12.7. The van der Waals surface area contributed by atoms with Gasteiger partial charge in [0.25, 0.3) is 0 Å². The van der Waals surface area contributed by atoms with E-state index >= 15 is 0 Å². The monoisotopic (exact) mass is 295 g/mol. The Balaban J connectivity index is 1.59. The van der Waals surface area contributed by atoms with Crippen LogP contribution in [0.4, 0.5) is 0 Å². The van der Waals surface area contributed by atoms with Gasteiger partial charge in [-0.3, -0.25) is 4.90 Å². The van der Waals surface area contributed by atoms with Crippen LogP contribution in [0.25, 0.3) is 0 Å². The van der Waals surface area contributed by atoms with E-state index in [0.717, 1.165) is 32.9 Å². The molecule has 2 aliphatic rings. The fraction of sp³-hybridized carbons (Fsp3) is 0.368. The van der Waals surface area contributed by atoms with Crippen LogP contribution < -0.4 is 0 Å². The summed E-state index contributed by atoms with van der Waals surface area (Å²) in [7, 11) is 0. The van der Waals surface area contributed by atoms with E-state index in [1.54, 1.807) is 0 Å². The summed E-state index contributed by atoms with van der Waals surface area (Å²) in [5.74, 6) is 0. The maximum Gasteiger partial charge on any atom is 0.127 e. The normalized spacial score (nSPS) is 24.1. The van der Waals surface area contributed by atoms with E-state index in [0.29, 0.717) is 6.04 Å². The molecule has 0 bridgehead atoms. The Kier molecular flexibility index (Phi) is 3.70. The molecular formula is C19H21NO2. The molecule has 1 unspecified atom stereocenters. The lowest BCUT2D eigenvalue weighted by molar-refractivity contribution is -0.251. The molecule has 1 spiro atoms. The number of nitrogens with zero attached hydrogens (tertiary/aromatic N) is 1. The quantitative estimate of drug-likeness (QED) is 0.869. The van der Waals surface area contributed by atoms with Crippen LogP contribution in [-0.4, -0.2) is 36.9 Å². The molecule has 2 aromatic rings. The van der Waals surface area contributed by atoms with E-state index in [-0.39, 0.29) is 5.60 Å². The molecule has 0 radical (unpaired) electrons. The molecule has 0 aromatic heterocycles. The smallest absolute Gasteiger partial charge is 0.127 e. The lowest BCUT2D eigenvalue weighted by Gasteiger charge is -2.51. The predicted octanol–water partition coefficient (Wildman–Crippen LogP) is 3.03. The van der Waals surface area contributed by atoms with Crippen molar-refractivity contribution in [3.8, 4) is 0 Å². The first-order valence-electron chi connectivity index (χ1n) is 7.89. The number of morpholine rings is 1. The van der Waals surface area contributed by atoms with Crippen molar-refractivity contribution in [2.24, 2.45) is 0 Å². The zero-order chi connectivity index (χ0) is 14.8. The molecule has 3 heteroatoms. The third-order valence-electron chi connectivity index (χ3n) is 4.62. The molecule has 22 heavy (non-hydrogen) atoms. The summed E-state index contributed by atoms with van der Waals surface area (Å²) in [5, 5.41) is 0. The van der Waals surface area contributed by atoms with E-state index in [4.69, 9.17) is 9.47 Å². The van der Waals surface area contributed by atoms with Crippen LogP contribution >= 0.6 is 0 Å². The van der Waals surface area contributed by atoms with Gasteiger partial charge in [-0.1, -0.05) is 60.7 Å². The van der Waals surface area contributed by atoms with Crippen molar-refractivity contribution in [2.75, 3.05) is 26.4 Å². The standard InChI is InChI=1S/C19H21NO2/c1-3-7-16(8-4-1)11-20-13-19(14-21-15-19)22-12-18(20)17-9-5-2-6-10-17/h1-10,18H,11-15H2. The highest BCUT2D eigenvalue weighted by Crippen LogP contribution is 2.35. The number of ether oxygens (including phenoxy) is 2. The van der Waals surface area contributed by atoms with Gasteiger partial charge in [0.1, 0.15) is 5.60 Å². The topological polar surface area (TPSA) is 21.7 Å². The lowest BCUT2D eigenvalue weighted by atomic mass is 9.94. The Labute approximate surface area is 131 Å². The molecule has 2 heterocycles. The maximum atomic E-state index is 6.17. The molecular weight excluding hydrogens is 274 g/mol. The summed E-state index contributed by atoms with van der Waals surface area (Å²) < 4.78 is 11.6. The third kappa shape index (κ3) is 2.68. The van der Waals surface area contributed by atoms with Gasteiger partial charge in [-0.15, -0.1) is 0 Å². The second-order valence-electron chi connectivity index (χ2n) is 6.30. The third-order valence-corrected chi connectivity index (χ3v) is 4.62. The molecule has 0 amide bonds. The van der Waals surface area contributed by atoms with Crippen molar-refractivity contribution in [3.05, 3.63) is 71.8 Å². The Morgan fingerprint density at radius 2 is 1.64 bits per heavy atom. The molecule has 0 N–H and O–H groups in total. The van der Waals surface area contributed by atoms with Crippen molar-refractivity contribution in [2.45, 2.75) is 18.2 Å². The zero-order valence-electron chi connectivity index (χ0n) is 12.7. The van der Waals surface area contributed by atoms with Gasteiger partial charge >= 0.3 is 0 Å². The van der Waals surface area contributed by atoms with Crippen LogP contribution in [0.1, 0.15) is 17.2 Å². The fourth-order valence-corrected chi connectivity index (χ4v) is 3.36. The molecule has 4 rings (SSSR count). The highest BCUT2D eigenvalue weighted by Gasteiger charge is 2.46. The molecule has 2 fully saturated rings. The van der Waals surface area contributed by atoms with E-state index in [1.165, 1.54) is 11.1 Å². The van der Waals surface area contributed by atoms with Gasteiger partial charge in [0.2, 0.25) is 0 Å². The van der Waals surface area contributed by atoms with Gasteiger partial charge in [-0.2, -0.15) is 0 Å². The number of rotatable bonds is 3. The number of benzene rings is 2. The summed E-state index contributed by atoms with van der Waals surface area (Å²) >= 11 is 0. The van der Waals surface area contributed by atoms with Gasteiger partial charge < -0.3 is 9.47 Å². The Morgan fingerprint density at radius 3 is 2.27 bits per heavy atom. The maximum absolute atomic E-state index is 6.17. The number of hydrogen-bond donors (Lipinski definition) is 0. The first-order valence-corrected chi connectivity index (χ1v) is 7.89.